The van der Waals surface area contributed by atoms with Gasteiger partial charge in [-0.25, -0.2) is 4.39 Å². The maximum absolute atomic E-state index is 14.2. The van der Waals surface area contributed by atoms with Crippen molar-refractivity contribution in [1.82, 2.24) is 9.47 Å². The van der Waals surface area contributed by atoms with Gasteiger partial charge in [0, 0.05) is 28.8 Å². The van der Waals surface area contributed by atoms with E-state index in [1.165, 1.54) is 29.8 Å². The van der Waals surface area contributed by atoms with Crippen LogP contribution in [0.15, 0.2) is 36.4 Å². The van der Waals surface area contributed by atoms with Crippen LogP contribution in [0.5, 0.6) is 5.75 Å². The Morgan fingerprint density at radius 3 is 2.76 bits per heavy atom. The summed E-state index contributed by atoms with van der Waals surface area (Å²) in [7, 11) is 3.66. The number of hydrogen-bond donors (Lipinski definition) is 0. The number of rotatable bonds is 4. The summed E-state index contributed by atoms with van der Waals surface area (Å²) >= 11 is 6.33. The summed E-state index contributed by atoms with van der Waals surface area (Å²) in [5.74, 6) is -0.0947. The van der Waals surface area contributed by atoms with E-state index in [1.807, 2.05) is 19.1 Å². The van der Waals surface area contributed by atoms with Crippen LogP contribution in [0.4, 0.5) is 4.39 Å². The number of allylic oxidation sites excluding steroid dienone is 1. The molecule has 0 radical (unpaired) electrons. The third-order valence-corrected chi connectivity index (χ3v) is 6.23. The van der Waals surface area contributed by atoms with Gasteiger partial charge in [0.2, 0.25) is 0 Å². The van der Waals surface area contributed by atoms with Gasteiger partial charge >= 0.3 is 0 Å². The molecule has 2 heterocycles. The highest BCUT2D eigenvalue weighted by molar-refractivity contribution is 6.31. The van der Waals surface area contributed by atoms with Crippen LogP contribution < -0.4 is 4.74 Å². The monoisotopic (exact) mass is 412 g/mol. The van der Waals surface area contributed by atoms with Gasteiger partial charge < -0.3 is 9.30 Å². The minimum Gasteiger partial charge on any atom is -0.494 e. The van der Waals surface area contributed by atoms with Crippen LogP contribution in [-0.2, 0) is 6.42 Å². The zero-order valence-corrected chi connectivity index (χ0v) is 18.1. The maximum atomic E-state index is 14.2. The lowest BCUT2D eigenvalue weighted by Crippen LogP contribution is -2.32. The highest BCUT2D eigenvalue weighted by atomic mass is 35.5. The second kappa shape index (κ2) is 7.85. The molecule has 29 heavy (non-hydrogen) atoms. The van der Waals surface area contributed by atoms with Crippen LogP contribution in [0.1, 0.15) is 43.1 Å². The number of methoxy groups -OCH3 is 1. The van der Waals surface area contributed by atoms with E-state index < -0.39 is 0 Å². The summed E-state index contributed by atoms with van der Waals surface area (Å²) in [6.45, 7) is 5.27. The Morgan fingerprint density at radius 1 is 1.28 bits per heavy atom. The Balaban J connectivity index is 1.92. The molecule has 0 spiro atoms. The number of likely N-dealkylation sites (N-methyl/N-ethyl adjacent to an activating group) is 1. The van der Waals surface area contributed by atoms with Crippen molar-refractivity contribution in [2.45, 2.75) is 32.7 Å². The molecule has 1 unspecified atom stereocenters. The summed E-state index contributed by atoms with van der Waals surface area (Å²) in [5.41, 5.74) is 5.65. The smallest absolute Gasteiger partial charge is 0.165 e. The summed E-state index contributed by atoms with van der Waals surface area (Å²) < 4.78 is 21.6. The maximum Gasteiger partial charge on any atom is 0.165 e. The molecular formula is C24H26ClFN2O. The molecule has 2 aromatic carbocycles. The van der Waals surface area contributed by atoms with Crippen LogP contribution in [0.3, 0.4) is 0 Å². The second-order valence-corrected chi connectivity index (χ2v) is 8.15. The van der Waals surface area contributed by atoms with E-state index in [2.05, 4.69) is 41.8 Å². The van der Waals surface area contributed by atoms with Crippen molar-refractivity contribution >= 4 is 34.3 Å². The third-order valence-electron chi connectivity index (χ3n) is 5.99. The van der Waals surface area contributed by atoms with E-state index in [1.54, 1.807) is 6.07 Å². The lowest BCUT2D eigenvalue weighted by molar-refractivity contribution is 0.220. The Kier molecular flexibility index (Phi) is 5.41. The average Bonchev–Trinajstić information content (AvgIpc) is 3.00. The number of aromatic nitrogens is 1. The van der Waals surface area contributed by atoms with Crippen molar-refractivity contribution in [3.63, 3.8) is 0 Å². The molecule has 152 valence electrons. The zero-order chi connectivity index (χ0) is 20.7. The molecule has 1 aromatic heterocycles. The van der Waals surface area contributed by atoms with Crippen molar-refractivity contribution in [2.75, 3.05) is 20.7 Å². The van der Waals surface area contributed by atoms with Crippen LogP contribution in [0.2, 0.25) is 5.02 Å². The summed E-state index contributed by atoms with van der Waals surface area (Å²) in [6.07, 6.45) is 4.14. The number of ether oxygens (including phenoxy) is 1. The molecular weight excluding hydrogens is 387 g/mol. The van der Waals surface area contributed by atoms with Gasteiger partial charge in [0.1, 0.15) is 0 Å². The number of halogens is 2. The molecule has 0 saturated heterocycles. The van der Waals surface area contributed by atoms with Crippen LogP contribution in [0.25, 0.3) is 22.7 Å². The van der Waals surface area contributed by atoms with Crippen LogP contribution in [-0.4, -0.2) is 30.2 Å². The normalized spacial score (nSPS) is 17.6. The molecule has 0 N–H and O–H groups in total. The van der Waals surface area contributed by atoms with E-state index >= 15 is 0 Å². The summed E-state index contributed by atoms with van der Waals surface area (Å²) in [5, 5.41) is 1.96. The lowest BCUT2D eigenvalue weighted by atomic mass is 9.96. The fourth-order valence-corrected chi connectivity index (χ4v) is 4.65. The number of benzene rings is 2. The molecule has 4 rings (SSSR count). The minimum absolute atomic E-state index is 0.257. The third kappa shape index (κ3) is 3.45. The van der Waals surface area contributed by atoms with Gasteiger partial charge in [-0.1, -0.05) is 24.6 Å². The van der Waals surface area contributed by atoms with Gasteiger partial charge in [-0.15, -0.1) is 0 Å². The first-order chi connectivity index (χ1) is 13.9. The van der Waals surface area contributed by atoms with E-state index in [-0.39, 0.29) is 11.6 Å². The van der Waals surface area contributed by atoms with Crippen molar-refractivity contribution in [3.8, 4) is 5.75 Å². The van der Waals surface area contributed by atoms with E-state index in [9.17, 15) is 4.39 Å². The quantitative estimate of drug-likeness (QED) is 0.493. The second-order valence-electron chi connectivity index (χ2n) is 7.71. The first kappa shape index (κ1) is 20.0. The first-order valence-electron chi connectivity index (χ1n) is 9.99. The van der Waals surface area contributed by atoms with Crippen molar-refractivity contribution < 1.29 is 9.13 Å². The van der Waals surface area contributed by atoms with Gasteiger partial charge in [0.15, 0.2) is 11.6 Å². The van der Waals surface area contributed by atoms with Gasteiger partial charge in [0.25, 0.3) is 0 Å². The molecule has 1 atom stereocenters. The molecule has 3 nitrogen and oxygen atoms in total. The Morgan fingerprint density at radius 2 is 2.07 bits per heavy atom. The molecule has 3 aromatic rings. The standard InChI is InChI=1S/C24H26ClFN2O/c1-5-21-24-18(10-11-27(21)3)19-13-17(25)7-8-22(19)28(24)14-15(2)16-6-9-23(29-4)20(26)12-16/h6-9,12-14,21H,5,10-11H2,1-4H3. The highest BCUT2D eigenvalue weighted by Crippen LogP contribution is 2.39. The lowest BCUT2D eigenvalue weighted by Gasteiger charge is -2.33. The summed E-state index contributed by atoms with van der Waals surface area (Å²) in [4.78, 5) is 2.41. The van der Waals surface area contributed by atoms with E-state index in [0.29, 0.717) is 6.04 Å². The first-order valence-corrected chi connectivity index (χ1v) is 10.4. The molecule has 5 heteroatoms. The molecule has 0 bridgehead atoms. The predicted octanol–water partition coefficient (Wildman–Crippen LogP) is 6.40. The molecule has 0 fully saturated rings. The Hall–Kier alpha value is -2.30. The van der Waals surface area contributed by atoms with Crippen molar-refractivity contribution in [1.29, 1.82) is 0 Å². The van der Waals surface area contributed by atoms with Crippen LogP contribution >= 0.6 is 11.6 Å². The van der Waals surface area contributed by atoms with Crippen molar-refractivity contribution in [3.05, 3.63) is 64.1 Å². The van der Waals surface area contributed by atoms with Gasteiger partial charge in [-0.05, 0) is 73.8 Å². The van der Waals surface area contributed by atoms with Gasteiger partial charge in [-0.2, -0.15) is 0 Å². The number of hydrogen-bond acceptors (Lipinski definition) is 2. The molecule has 0 saturated carbocycles. The Bertz CT molecular complexity index is 1100. The number of nitrogens with zero attached hydrogens (tertiary/aromatic N) is 2. The van der Waals surface area contributed by atoms with E-state index in [0.717, 1.165) is 41.1 Å². The molecule has 1 aliphatic heterocycles. The molecule has 0 amide bonds. The predicted molar refractivity (Wildman–Crippen MR) is 119 cm³/mol. The molecule has 0 aliphatic carbocycles. The summed E-state index contributed by atoms with van der Waals surface area (Å²) in [6, 6.07) is 11.5. The SMILES string of the molecule is CCC1c2c(c3cc(Cl)ccc3n2C=C(C)c2ccc(OC)c(F)c2)CCN1C. The fraction of sp³-hybridized carbons (Fsp3) is 0.333. The fourth-order valence-electron chi connectivity index (χ4n) is 4.47. The topological polar surface area (TPSA) is 17.4 Å². The van der Waals surface area contributed by atoms with Crippen molar-refractivity contribution in [2.24, 2.45) is 0 Å². The molecule has 1 aliphatic rings. The van der Waals surface area contributed by atoms with Crippen LogP contribution in [0, 0.1) is 5.82 Å². The largest absolute Gasteiger partial charge is 0.494 e. The highest BCUT2D eigenvalue weighted by Gasteiger charge is 2.29. The van der Waals surface area contributed by atoms with E-state index in [4.69, 9.17) is 16.3 Å². The average molecular weight is 413 g/mol. The Labute approximate surface area is 176 Å². The minimum atomic E-state index is -0.352. The zero-order valence-electron chi connectivity index (χ0n) is 17.3. The van der Waals surface area contributed by atoms with Gasteiger partial charge in [-0.3, -0.25) is 4.90 Å². The number of fused-ring (bicyclic) bond motifs is 3. The van der Waals surface area contributed by atoms with Gasteiger partial charge in [0.05, 0.1) is 18.7 Å².